The van der Waals surface area contributed by atoms with Crippen molar-refractivity contribution in [2.24, 2.45) is 0 Å². The summed E-state index contributed by atoms with van der Waals surface area (Å²) < 4.78 is 0. The zero-order valence-corrected chi connectivity index (χ0v) is 11.5. The largest absolute Gasteiger partial charge is 0.351 e. The third kappa shape index (κ3) is 4.47. The van der Waals surface area contributed by atoms with Gasteiger partial charge in [0.05, 0.1) is 10.7 Å². The molecule has 7 heteroatoms. The Balaban J connectivity index is 2.70. The molecule has 1 N–H and O–H groups in total. The van der Waals surface area contributed by atoms with Crippen LogP contribution in [0.15, 0.2) is 18.2 Å². The quantitative estimate of drug-likeness (QED) is 0.379. The first kappa shape index (κ1) is 15.3. The van der Waals surface area contributed by atoms with Crippen LogP contribution in [0.1, 0.15) is 10.4 Å². The van der Waals surface area contributed by atoms with Gasteiger partial charge in [-0.15, -0.1) is 18.2 Å². The maximum Gasteiger partial charge on any atom is 0.300 e. The molecule has 0 aliphatic heterocycles. The van der Waals surface area contributed by atoms with Gasteiger partial charge in [0.25, 0.3) is 5.91 Å². The van der Waals surface area contributed by atoms with Gasteiger partial charge in [0.15, 0.2) is 0 Å². The number of nitro benzene ring substituents is 1. The molecule has 0 spiro atoms. The van der Waals surface area contributed by atoms with Crippen LogP contribution in [-0.4, -0.2) is 28.9 Å². The summed E-state index contributed by atoms with van der Waals surface area (Å²) in [6, 6.07) is 4.24. The van der Waals surface area contributed by atoms with Crippen LogP contribution in [0.3, 0.4) is 0 Å². The van der Waals surface area contributed by atoms with E-state index in [1.807, 2.05) is 0 Å². The highest BCUT2D eigenvalue weighted by atomic mass is 35.5. The second kappa shape index (κ2) is 7.67. The number of hydrogen-bond donors (Lipinski definition) is 1. The summed E-state index contributed by atoms with van der Waals surface area (Å²) in [6.07, 6.45) is 5.08. The maximum absolute atomic E-state index is 11.8. The van der Waals surface area contributed by atoms with E-state index in [9.17, 15) is 14.9 Å². The summed E-state index contributed by atoms with van der Waals surface area (Å²) in [7, 11) is 0. The zero-order valence-electron chi connectivity index (χ0n) is 9.89. The van der Waals surface area contributed by atoms with E-state index in [1.165, 1.54) is 30.0 Å². The highest BCUT2D eigenvalue weighted by molar-refractivity contribution is 7.99. The summed E-state index contributed by atoms with van der Waals surface area (Å²) in [5, 5.41) is 13.4. The average Bonchev–Trinajstić information content (AvgIpc) is 2.37. The van der Waals surface area contributed by atoms with E-state index >= 15 is 0 Å². The van der Waals surface area contributed by atoms with E-state index in [4.69, 9.17) is 18.0 Å². The van der Waals surface area contributed by atoms with Gasteiger partial charge in [-0.25, -0.2) is 0 Å². The van der Waals surface area contributed by atoms with Crippen molar-refractivity contribution in [3.05, 3.63) is 38.9 Å². The number of nitrogens with one attached hydrogen (secondary N) is 1. The summed E-state index contributed by atoms with van der Waals surface area (Å²) in [5.41, 5.74) is -0.419. The number of amides is 1. The molecule has 0 heterocycles. The third-order valence-electron chi connectivity index (χ3n) is 2.13. The Morgan fingerprint density at radius 1 is 1.58 bits per heavy atom. The fourth-order valence-corrected chi connectivity index (χ4v) is 2.10. The van der Waals surface area contributed by atoms with Crippen molar-refractivity contribution >= 4 is 35.0 Å². The van der Waals surface area contributed by atoms with E-state index in [1.54, 1.807) is 0 Å². The molecule has 19 heavy (non-hydrogen) atoms. The Kier molecular flexibility index (Phi) is 6.19. The molecular formula is C12H11ClN2O3S. The molecule has 1 amide bonds. The Bertz CT molecular complexity index is 528. The van der Waals surface area contributed by atoms with Crippen molar-refractivity contribution in [1.29, 1.82) is 0 Å². The average molecular weight is 299 g/mol. The van der Waals surface area contributed by atoms with Crippen molar-refractivity contribution in [3.63, 3.8) is 0 Å². The maximum atomic E-state index is 11.8. The van der Waals surface area contributed by atoms with Crippen molar-refractivity contribution in [2.75, 3.05) is 18.1 Å². The Hall–Kier alpha value is -1.71. The van der Waals surface area contributed by atoms with E-state index < -0.39 is 10.8 Å². The van der Waals surface area contributed by atoms with Crippen LogP contribution in [0, 0.1) is 22.5 Å². The molecular weight excluding hydrogens is 288 g/mol. The van der Waals surface area contributed by atoms with Gasteiger partial charge in [0.1, 0.15) is 10.6 Å². The number of rotatable bonds is 6. The number of halogens is 1. The molecule has 100 valence electrons. The van der Waals surface area contributed by atoms with Gasteiger partial charge in [-0.05, 0) is 12.1 Å². The monoisotopic (exact) mass is 298 g/mol. The molecule has 0 saturated heterocycles. The van der Waals surface area contributed by atoms with Crippen molar-refractivity contribution in [3.8, 4) is 12.3 Å². The molecule has 0 aliphatic carbocycles. The van der Waals surface area contributed by atoms with Crippen LogP contribution < -0.4 is 5.32 Å². The van der Waals surface area contributed by atoms with Crippen molar-refractivity contribution in [1.82, 2.24) is 5.32 Å². The lowest BCUT2D eigenvalue weighted by atomic mass is 10.1. The van der Waals surface area contributed by atoms with Crippen LogP contribution in [0.4, 0.5) is 5.69 Å². The number of terminal acetylenes is 1. The first-order valence-electron chi connectivity index (χ1n) is 5.30. The summed E-state index contributed by atoms with van der Waals surface area (Å²) in [6.45, 7) is 0.384. The van der Waals surface area contributed by atoms with Crippen molar-refractivity contribution in [2.45, 2.75) is 0 Å². The molecule has 1 rings (SSSR count). The molecule has 0 aliphatic rings. The van der Waals surface area contributed by atoms with Crippen LogP contribution in [0.5, 0.6) is 0 Å². The number of thioether (sulfide) groups is 1. The summed E-state index contributed by atoms with van der Waals surface area (Å²) in [5.74, 6) is 3.15. The predicted octanol–water partition coefficient (Wildman–Crippen LogP) is 2.34. The number of nitro groups is 1. The number of para-hydroxylation sites is 1. The minimum Gasteiger partial charge on any atom is -0.351 e. The van der Waals surface area contributed by atoms with Gasteiger partial charge in [0, 0.05) is 12.3 Å². The Labute approximate surface area is 119 Å². The molecule has 1 aromatic rings. The molecule has 0 bridgehead atoms. The fourth-order valence-electron chi connectivity index (χ4n) is 1.35. The van der Waals surface area contributed by atoms with Crippen LogP contribution in [0.2, 0.25) is 5.02 Å². The van der Waals surface area contributed by atoms with E-state index in [0.29, 0.717) is 18.1 Å². The number of carbonyl (C=O) groups is 1. The van der Waals surface area contributed by atoms with E-state index in [-0.39, 0.29) is 16.3 Å². The number of hydrogen-bond acceptors (Lipinski definition) is 4. The summed E-state index contributed by atoms with van der Waals surface area (Å²) >= 11 is 7.22. The van der Waals surface area contributed by atoms with Crippen LogP contribution in [0.25, 0.3) is 0 Å². The van der Waals surface area contributed by atoms with Gasteiger partial charge < -0.3 is 5.32 Å². The number of carbonyl (C=O) groups excluding carboxylic acids is 1. The molecule has 0 radical (unpaired) electrons. The number of nitrogens with zero attached hydrogens (tertiary/aromatic N) is 1. The molecule has 1 aromatic carbocycles. The Morgan fingerprint density at radius 3 is 2.95 bits per heavy atom. The summed E-state index contributed by atoms with van der Waals surface area (Å²) in [4.78, 5) is 22.0. The van der Waals surface area contributed by atoms with Gasteiger partial charge in [-0.1, -0.05) is 23.6 Å². The smallest absolute Gasteiger partial charge is 0.300 e. The van der Waals surface area contributed by atoms with Crippen molar-refractivity contribution < 1.29 is 9.72 Å². The Morgan fingerprint density at radius 2 is 2.32 bits per heavy atom. The highest BCUT2D eigenvalue weighted by Gasteiger charge is 2.23. The standard InChI is InChI=1S/C12H11ClN2O3S/c1-2-7-19-8-6-14-12(16)9-4-3-5-10(13)11(9)15(17)18/h1,3-5H,6-8H2,(H,14,16). The molecule has 0 unspecified atom stereocenters. The minimum absolute atomic E-state index is 0.0422. The van der Waals surface area contributed by atoms with Gasteiger partial charge in [-0.2, -0.15) is 0 Å². The normalized spacial score (nSPS) is 9.68. The lowest BCUT2D eigenvalue weighted by molar-refractivity contribution is -0.385. The first-order valence-corrected chi connectivity index (χ1v) is 6.83. The highest BCUT2D eigenvalue weighted by Crippen LogP contribution is 2.27. The van der Waals surface area contributed by atoms with E-state index in [2.05, 4.69) is 11.2 Å². The van der Waals surface area contributed by atoms with Gasteiger partial charge in [-0.3, -0.25) is 14.9 Å². The minimum atomic E-state index is -0.662. The third-order valence-corrected chi connectivity index (χ3v) is 3.30. The van der Waals surface area contributed by atoms with Crippen LogP contribution in [-0.2, 0) is 0 Å². The molecule has 0 saturated carbocycles. The fraction of sp³-hybridized carbons (Fsp3) is 0.250. The topological polar surface area (TPSA) is 72.2 Å². The second-order valence-corrected chi connectivity index (χ2v) is 4.92. The zero-order chi connectivity index (χ0) is 14.3. The lowest BCUT2D eigenvalue weighted by Crippen LogP contribution is -2.26. The SMILES string of the molecule is C#CCSCCNC(=O)c1cccc(Cl)c1[N+](=O)[O-]. The number of benzene rings is 1. The molecule has 5 nitrogen and oxygen atoms in total. The molecule has 0 atom stereocenters. The second-order valence-electron chi connectivity index (χ2n) is 3.41. The molecule has 0 aromatic heterocycles. The molecule has 0 fully saturated rings. The van der Waals surface area contributed by atoms with Gasteiger partial charge in [0.2, 0.25) is 0 Å². The van der Waals surface area contributed by atoms with Gasteiger partial charge >= 0.3 is 5.69 Å². The van der Waals surface area contributed by atoms with Crippen LogP contribution >= 0.6 is 23.4 Å². The van der Waals surface area contributed by atoms with E-state index in [0.717, 1.165) is 0 Å². The lowest BCUT2D eigenvalue weighted by Gasteiger charge is -2.05. The predicted molar refractivity (Wildman–Crippen MR) is 76.6 cm³/mol. The first-order chi connectivity index (χ1) is 9.07.